The Labute approximate surface area is 58.4 Å². The Bertz CT molecular complexity index is 203. The Morgan fingerprint density at radius 1 is 1.50 bits per heavy atom. The number of hydrogen-bond donors (Lipinski definition) is 0. The van der Waals surface area contributed by atoms with Gasteiger partial charge < -0.3 is 9.90 Å². The predicted molar refractivity (Wildman–Crippen MR) is 31.9 cm³/mol. The molecular weight excluding hydrogens is 132 g/mol. The zero-order valence-electron chi connectivity index (χ0n) is 5.42. The second kappa shape index (κ2) is 2.64. The molecular formula is C7H7O3-. The van der Waals surface area contributed by atoms with E-state index in [1.54, 1.807) is 0 Å². The lowest BCUT2D eigenvalue weighted by molar-refractivity contribution is -0.299. The maximum Gasteiger partial charge on any atom is 0.156 e. The van der Waals surface area contributed by atoms with Gasteiger partial charge in [0.2, 0.25) is 0 Å². The molecule has 0 aromatic rings. The first kappa shape index (κ1) is 6.99. The first-order valence-electron chi connectivity index (χ1n) is 3.15. The maximum absolute atomic E-state index is 10.6. The summed E-state index contributed by atoms with van der Waals surface area (Å²) in [5.41, 5.74) is 0.135. The summed E-state index contributed by atoms with van der Waals surface area (Å²) in [7, 11) is 0. The van der Waals surface area contributed by atoms with Crippen molar-refractivity contribution in [1.29, 1.82) is 0 Å². The Kier molecular flexibility index (Phi) is 1.85. The third-order valence-corrected chi connectivity index (χ3v) is 1.47. The summed E-state index contributed by atoms with van der Waals surface area (Å²) in [5, 5.41) is 10.2. The summed E-state index contributed by atoms with van der Waals surface area (Å²) in [6, 6.07) is 0. The Hall–Kier alpha value is -1.12. The average Bonchev–Trinajstić information content (AvgIpc) is 1.88. The zero-order valence-corrected chi connectivity index (χ0v) is 5.42. The van der Waals surface area contributed by atoms with Gasteiger partial charge >= 0.3 is 0 Å². The van der Waals surface area contributed by atoms with Gasteiger partial charge in [-0.1, -0.05) is 0 Å². The largest absolute Gasteiger partial charge is 0.545 e. The van der Waals surface area contributed by atoms with Gasteiger partial charge in [0.25, 0.3) is 0 Å². The van der Waals surface area contributed by atoms with Crippen molar-refractivity contribution in [3.8, 4) is 0 Å². The molecule has 0 spiro atoms. The number of carbonyl (C=O) groups is 2. The van der Waals surface area contributed by atoms with Crippen molar-refractivity contribution in [1.82, 2.24) is 0 Å². The van der Waals surface area contributed by atoms with Crippen LogP contribution >= 0.6 is 0 Å². The van der Waals surface area contributed by atoms with Gasteiger partial charge in [-0.2, -0.15) is 0 Å². The van der Waals surface area contributed by atoms with Crippen molar-refractivity contribution in [2.45, 2.75) is 19.3 Å². The standard InChI is InChI=1S/C7H8O3/c8-6-3-1-2-5(4-6)7(9)10/h4H,1-3H2,(H,9,10)/p-1. The van der Waals surface area contributed by atoms with Crippen molar-refractivity contribution in [2.75, 3.05) is 0 Å². The van der Waals surface area contributed by atoms with Crippen molar-refractivity contribution < 1.29 is 14.7 Å². The monoisotopic (exact) mass is 139 g/mol. The van der Waals surface area contributed by atoms with Gasteiger partial charge in [-0.25, -0.2) is 0 Å². The lowest BCUT2D eigenvalue weighted by Crippen LogP contribution is -2.26. The third-order valence-electron chi connectivity index (χ3n) is 1.47. The maximum atomic E-state index is 10.6. The minimum atomic E-state index is -1.21. The molecule has 0 fully saturated rings. The van der Waals surface area contributed by atoms with Crippen LogP contribution in [0.25, 0.3) is 0 Å². The van der Waals surface area contributed by atoms with Crippen molar-refractivity contribution in [2.24, 2.45) is 0 Å². The first-order chi connectivity index (χ1) is 4.70. The number of carboxylic acids is 1. The van der Waals surface area contributed by atoms with E-state index in [4.69, 9.17) is 0 Å². The van der Waals surface area contributed by atoms with Gasteiger partial charge in [0, 0.05) is 6.42 Å². The second-order valence-corrected chi connectivity index (χ2v) is 2.28. The van der Waals surface area contributed by atoms with Crippen LogP contribution in [0.15, 0.2) is 11.6 Å². The topological polar surface area (TPSA) is 57.2 Å². The molecule has 10 heavy (non-hydrogen) atoms. The fraction of sp³-hybridized carbons (Fsp3) is 0.429. The Morgan fingerprint density at radius 3 is 2.60 bits per heavy atom. The molecule has 1 aliphatic rings. The van der Waals surface area contributed by atoms with E-state index in [1.165, 1.54) is 6.08 Å². The molecule has 0 radical (unpaired) electrons. The van der Waals surface area contributed by atoms with E-state index < -0.39 is 5.97 Å². The van der Waals surface area contributed by atoms with E-state index in [9.17, 15) is 14.7 Å². The van der Waals surface area contributed by atoms with Gasteiger partial charge in [-0.3, -0.25) is 4.79 Å². The molecule has 0 saturated heterocycles. The molecule has 0 unspecified atom stereocenters. The molecule has 0 aromatic heterocycles. The minimum Gasteiger partial charge on any atom is -0.545 e. The fourth-order valence-corrected chi connectivity index (χ4v) is 0.953. The van der Waals surface area contributed by atoms with Crippen LogP contribution in [0.3, 0.4) is 0 Å². The number of ketones is 1. The summed E-state index contributed by atoms with van der Waals surface area (Å²) in [6.07, 6.45) is 2.74. The second-order valence-electron chi connectivity index (χ2n) is 2.28. The molecule has 0 atom stereocenters. The lowest BCUT2D eigenvalue weighted by Gasteiger charge is -2.11. The molecule has 0 aliphatic heterocycles. The van der Waals surface area contributed by atoms with E-state index in [0.29, 0.717) is 19.3 Å². The average molecular weight is 139 g/mol. The van der Waals surface area contributed by atoms with Gasteiger partial charge in [0.05, 0.1) is 5.97 Å². The molecule has 1 aliphatic carbocycles. The molecule has 3 nitrogen and oxygen atoms in total. The fourth-order valence-electron chi connectivity index (χ4n) is 0.953. The predicted octanol–water partition coefficient (Wildman–Crippen LogP) is -0.584. The van der Waals surface area contributed by atoms with Crippen molar-refractivity contribution in [3.63, 3.8) is 0 Å². The number of allylic oxidation sites excluding steroid dienone is 1. The van der Waals surface area contributed by atoms with E-state index in [2.05, 4.69) is 0 Å². The molecule has 0 N–H and O–H groups in total. The highest BCUT2D eigenvalue weighted by Gasteiger charge is 2.09. The summed E-state index contributed by atoms with van der Waals surface area (Å²) in [6.45, 7) is 0. The Morgan fingerprint density at radius 2 is 2.20 bits per heavy atom. The van der Waals surface area contributed by atoms with E-state index >= 15 is 0 Å². The van der Waals surface area contributed by atoms with Crippen LogP contribution in [-0.2, 0) is 9.59 Å². The normalized spacial score (nSPS) is 18.4. The van der Waals surface area contributed by atoms with E-state index in [1.807, 2.05) is 0 Å². The molecule has 0 aromatic carbocycles. The van der Waals surface area contributed by atoms with Crippen LogP contribution in [0.2, 0.25) is 0 Å². The molecule has 0 amide bonds. The number of carbonyl (C=O) groups excluding carboxylic acids is 2. The van der Waals surface area contributed by atoms with Crippen LogP contribution in [-0.4, -0.2) is 11.8 Å². The summed E-state index contributed by atoms with van der Waals surface area (Å²) < 4.78 is 0. The minimum absolute atomic E-state index is 0.106. The molecule has 0 saturated carbocycles. The summed E-state index contributed by atoms with van der Waals surface area (Å²) in [4.78, 5) is 20.8. The van der Waals surface area contributed by atoms with Gasteiger partial charge in [-0.05, 0) is 24.5 Å². The van der Waals surface area contributed by atoms with Crippen LogP contribution in [0, 0.1) is 0 Å². The number of hydrogen-bond acceptors (Lipinski definition) is 3. The smallest absolute Gasteiger partial charge is 0.156 e. The molecule has 1 rings (SSSR count). The van der Waals surface area contributed by atoms with Crippen molar-refractivity contribution >= 4 is 11.8 Å². The van der Waals surface area contributed by atoms with Gasteiger partial charge in [0.15, 0.2) is 5.78 Å². The van der Waals surface area contributed by atoms with Crippen LogP contribution < -0.4 is 5.11 Å². The number of aliphatic carboxylic acids is 1. The van der Waals surface area contributed by atoms with Crippen LogP contribution in [0.4, 0.5) is 0 Å². The van der Waals surface area contributed by atoms with Crippen molar-refractivity contribution in [3.05, 3.63) is 11.6 Å². The highest BCUT2D eigenvalue weighted by molar-refractivity contribution is 5.99. The van der Waals surface area contributed by atoms with Crippen LogP contribution in [0.5, 0.6) is 0 Å². The summed E-state index contributed by atoms with van der Waals surface area (Å²) >= 11 is 0. The lowest BCUT2D eigenvalue weighted by atomic mass is 9.99. The van der Waals surface area contributed by atoms with E-state index in [0.717, 1.165) is 0 Å². The SMILES string of the molecule is O=C1C=C(C(=O)[O-])CCC1. The molecule has 0 bridgehead atoms. The van der Waals surface area contributed by atoms with Gasteiger partial charge in [-0.15, -0.1) is 0 Å². The quantitative estimate of drug-likeness (QED) is 0.488. The molecule has 0 heterocycles. The number of carboxylic acid groups (broad SMARTS) is 1. The van der Waals surface area contributed by atoms with Crippen LogP contribution in [0.1, 0.15) is 19.3 Å². The third kappa shape index (κ3) is 1.43. The highest BCUT2D eigenvalue weighted by atomic mass is 16.4. The molecule has 54 valence electrons. The highest BCUT2D eigenvalue weighted by Crippen LogP contribution is 2.13. The summed E-state index contributed by atoms with van der Waals surface area (Å²) in [5.74, 6) is -1.32. The van der Waals surface area contributed by atoms with Gasteiger partial charge in [0.1, 0.15) is 0 Å². The number of rotatable bonds is 1. The molecule has 3 heteroatoms. The first-order valence-corrected chi connectivity index (χ1v) is 3.15. The van der Waals surface area contributed by atoms with E-state index in [-0.39, 0.29) is 11.4 Å². The Balaban J connectivity index is 2.75. The zero-order chi connectivity index (χ0) is 7.56.